The molecule has 3 rings (SSSR count). The number of benzene rings is 1. The van der Waals surface area contributed by atoms with Gasteiger partial charge in [-0.1, -0.05) is 11.3 Å². The highest BCUT2D eigenvalue weighted by atomic mass is 32.1. The van der Waals surface area contributed by atoms with Gasteiger partial charge in [0.15, 0.2) is 11.6 Å². The first-order valence-electron chi connectivity index (χ1n) is 7.08. The second-order valence-corrected chi connectivity index (χ2v) is 6.03. The smallest absolute Gasteiger partial charge is 0.321 e. The van der Waals surface area contributed by atoms with E-state index < -0.39 is 17.7 Å². The number of nitrogens with zero attached hydrogens (tertiary/aromatic N) is 2. The first-order valence-corrected chi connectivity index (χ1v) is 7.89. The Hall–Kier alpha value is -2.29. The Bertz CT molecular complexity index is 706. The Morgan fingerprint density at radius 2 is 2.17 bits per heavy atom. The topological polar surface area (TPSA) is 76.1 Å². The van der Waals surface area contributed by atoms with E-state index in [0.717, 1.165) is 30.0 Å². The molecule has 0 bridgehead atoms. The molecule has 0 radical (unpaired) electrons. The lowest BCUT2D eigenvalue weighted by molar-refractivity contribution is 0.246. The Morgan fingerprint density at radius 1 is 1.35 bits per heavy atom. The van der Waals surface area contributed by atoms with Crippen LogP contribution in [0.1, 0.15) is 23.8 Å². The summed E-state index contributed by atoms with van der Waals surface area (Å²) in [5.41, 5.74) is 0. The van der Waals surface area contributed by atoms with E-state index in [9.17, 15) is 13.6 Å². The van der Waals surface area contributed by atoms with E-state index in [0.29, 0.717) is 11.0 Å². The minimum absolute atomic E-state index is 0.0550. The molecule has 1 saturated carbocycles. The summed E-state index contributed by atoms with van der Waals surface area (Å²) in [5.74, 6) is -1.03. The van der Waals surface area contributed by atoms with Gasteiger partial charge in [0.25, 0.3) is 0 Å². The van der Waals surface area contributed by atoms with Crippen molar-refractivity contribution in [3.63, 3.8) is 0 Å². The Labute approximate surface area is 134 Å². The zero-order valence-electron chi connectivity index (χ0n) is 12.0. The van der Waals surface area contributed by atoms with E-state index in [1.54, 1.807) is 0 Å². The van der Waals surface area contributed by atoms with Gasteiger partial charge in [0.05, 0.1) is 6.54 Å². The van der Waals surface area contributed by atoms with Crippen molar-refractivity contribution in [3.05, 3.63) is 34.8 Å². The fourth-order valence-corrected chi connectivity index (χ4v) is 2.75. The SMILES string of the molecule is O=C(NCCOc1ccc(F)cc1F)Nc1nnc(C2CC2)s1. The van der Waals surface area contributed by atoms with Gasteiger partial charge in [-0.2, -0.15) is 0 Å². The first-order chi connectivity index (χ1) is 11.1. The molecule has 1 heterocycles. The lowest BCUT2D eigenvalue weighted by Gasteiger charge is -2.08. The van der Waals surface area contributed by atoms with Crippen LogP contribution in [-0.2, 0) is 0 Å². The van der Waals surface area contributed by atoms with Gasteiger partial charge in [-0.05, 0) is 25.0 Å². The van der Waals surface area contributed by atoms with E-state index in [-0.39, 0.29) is 18.9 Å². The Balaban J connectivity index is 1.38. The van der Waals surface area contributed by atoms with Crippen LogP contribution in [0.3, 0.4) is 0 Å². The quantitative estimate of drug-likeness (QED) is 0.793. The van der Waals surface area contributed by atoms with Crippen molar-refractivity contribution >= 4 is 22.5 Å². The van der Waals surface area contributed by atoms with Crippen molar-refractivity contribution in [3.8, 4) is 5.75 Å². The summed E-state index contributed by atoms with van der Waals surface area (Å²) < 4.78 is 31.2. The third kappa shape index (κ3) is 4.35. The molecule has 0 aliphatic heterocycles. The third-order valence-electron chi connectivity index (χ3n) is 3.13. The number of hydrogen-bond donors (Lipinski definition) is 2. The number of urea groups is 1. The Kier molecular flexibility index (Phi) is 4.65. The van der Waals surface area contributed by atoms with E-state index in [4.69, 9.17) is 4.74 Å². The molecular formula is C14H14F2N4O2S. The fourth-order valence-electron chi connectivity index (χ4n) is 1.84. The maximum atomic E-state index is 13.3. The molecule has 1 aliphatic carbocycles. The molecule has 0 atom stereocenters. The van der Waals surface area contributed by atoms with Crippen LogP contribution in [-0.4, -0.2) is 29.4 Å². The molecule has 9 heteroatoms. The number of anilines is 1. The molecule has 1 aliphatic rings. The average Bonchev–Trinajstić information content (AvgIpc) is 3.26. The summed E-state index contributed by atoms with van der Waals surface area (Å²) in [6, 6.07) is 2.60. The van der Waals surface area contributed by atoms with Crippen LogP contribution in [0.15, 0.2) is 18.2 Å². The van der Waals surface area contributed by atoms with E-state index in [2.05, 4.69) is 20.8 Å². The molecule has 0 saturated heterocycles. The summed E-state index contributed by atoms with van der Waals surface area (Å²) in [6.07, 6.45) is 2.25. The number of carbonyl (C=O) groups is 1. The van der Waals surface area contributed by atoms with Crippen LogP contribution in [0.4, 0.5) is 18.7 Å². The van der Waals surface area contributed by atoms with E-state index in [1.807, 2.05) is 0 Å². The molecule has 1 aromatic carbocycles. The van der Waals surface area contributed by atoms with Crippen molar-refractivity contribution in [2.45, 2.75) is 18.8 Å². The van der Waals surface area contributed by atoms with Crippen molar-refractivity contribution in [2.75, 3.05) is 18.5 Å². The van der Waals surface area contributed by atoms with Gasteiger partial charge in [0.2, 0.25) is 5.13 Å². The number of halogens is 2. The highest BCUT2D eigenvalue weighted by Gasteiger charge is 2.27. The van der Waals surface area contributed by atoms with Crippen LogP contribution in [0.5, 0.6) is 5.75 Å². The minimum Gasteiger partial charge on any atom is -0.489 e. The number of rotatable bonds is 6. The molecule has 122 valence electrons. The normalized spacial score (nSPS) is 13.7. The molecule has 0 unspecified atom stereocenters. The fraction of sp³-hybridized carbons (Fsp3) is 0.357. The molecule has 1 aromatic heterocycles. The number of hydrogen-bond acceptors (Lipinski definition) is 5. The summed E-state index contributed by atoms with van der Waals surface area (Å²) in [5, 5.41) is 14.4. The monoisotopic (exact) mass is 340 g/mol. The second-order valence-electron chi connectivity index (χ2n) is 5.02. The Morgan fingerprint density at radius 3 is 2.91 bits per heavy atom. The maximum Gasteiger partial charge on any atom is 0.321 e. The molecule has 0 spiro atoms. The van der Waals surface area contributed by atoms with Crippen LogP contribution >= 0.6 is 11.3 Å². The highest BCUT2D eigenvalue weighted by Crippen LogP contribution is 2.41. The van der Waals surface area contributed by atoms with Crippen molar-refractivity contribution < 1.29 is 18.3 Å². The number of ether oxygens (including phenoxy) is 1. The molecule has 1 fully saturated rings. The highest BCUT2D eigenvalue weighted by molar-refractivity contribution is 7.15. The molecule has 2 N–H and O–H groups in total. The third-order valence-corrected chi connectivity index (χ3v) is 4.13. The molecule has 23 heavy (non-hydrogen) atoms. The summed E-state index contributed by atoms with van der Waals surface area (Å²) in [4.78, 5) is 11.7. The molecule has 2 amide bonds. The number of nitrogens with one attached hydrogen (secondary N) is 2. The van der Waals surface area contributed by atoms with Crippen LogP contribution in [0.2, 0.25) is 0 Å². The van der Waals surface area contributed by atoms with Gasteiger partial charge in [-0.3, -0.25) is 5.32 Å². The largest absolute Gasteiger partial charge is 0.489 e. The van der Waals surface area contributed by atoms with E-state index in [1.165, 1.54) is 17.4 Å². The van der Waals surface area contributed by atoms with Crippen molar-refractivity contribution in [2.24, 2.45) is 0 Å². The molecule has 2 aromatic rings. The first kappa shape index (κ1) is 15.6. The summed E-state index contributed by atoms with van der Waals surface area (Å²) in [6.45, 7) is 0.219. The van der Waals surface area contributed by atoms with Crippen molar-refractivity contribution in [1.82, 2.24) is 15.5 Å². The van der Waals surface area contributed by atoms with Crippen LogP contribution < -0.4 is 15.4 Å². The minimum atomic E-state index is -0.782. The maximum absolute atomic E-state index is 13.3. The second kappa shape index (κ2) is 6.86. The van der Waals surface area contributed by atoms with Gasteiger partial charge in [0.1, 0.15) is 17.4 Å². The predicted octanol–water partition coefficient (Wildman–Crippen LogP) is 2.89. The summed E-state index contributed by atoms with van der Waals surface area (Å²) in [7, 11) is 0. The van der Waals surface area contributed by atoms with Gasteiger partial charge >= 0.3 is 6.03 Å². The van der Waals surface area contributed by atoms with Gasteiger partial charge in [0, 0.05) is 12.0 Å². The van der Waals surface area contributed by atoms with Gasteiger partial charge in [-0.15, -0.1) is 10.2 Å². The van der Waals surface area contributed by atoms with Crippen molar-refractivity contribution in [1.29, 1.82) is 0 Å². The lowest BCUT2D eigenvalue weighted by atomic mass is 10.3. The number of carbonyl (C=O) groups excluding carboxylic acids is 1. The molecule has 6 nitrogen and oxygen atoms in total. The summed E-state index contributed by atoms with van der Waals surface area (Å²) >= 11 is 1.36. The van der Waals surface area contributed by atoms with E-state index >= 15 is 0 Å². The standard InChI is InChI=1S/C14H14F2N4O2S/c15-9-3-4-11(10(16)7-9)22-6-5-17-13(21)18-14-20-19-12(23-14)8-1-2-8/h3-4,7-8H,1-2,5-6H2,(H2,17,18,20,21). The number of amides is 2. The van der Waals surface area contributed by atoms with Gasteiger partial charge < -0.3 is 10.1 Å². The van der Waals surface area contributed by atoms with Gasteiger partial charge in [-0.25, -0.2) is 13.6 Å². The molecular weight excluding hydrogens is 326 g/mol. The predicted molar refractivity (Wildman–Crippen MR) is 80.8 cm³/mol. The average molecular weight is 340 g/mol. The lowest BCUT2D eigenvalue weighted by Crippen LogP contribution is -2.32. The zero-order valence-corrected chi connectivity index (χ0v) is 12.8. The van der Waals surface area contributed by atoms with Crippen LogP contribution in [0.25, 0.3) is 0 Å². The number of aromatic nitrogens is 2. The zero-order chi connectivity index (χ0) is 16.2. The van der Waals surface area contributed by atoms with Crippen LogP contribution in [0, 0.1) is 11.6 Å².